The van der Waals surface area contributed by atoms with Crippen LogP contribution in [0.1, 0.15) is 11.1 Å². The molecule has 8 nitrogen and oxygen atoms in total. The zero-order valence-corrected chi connectivity index (χ0v) is 12.8. The van der Waals surface area contributed by atoms with Gasteiger partial charge in [-0.2, -0.15) is 5.10 Å². The van der Waals surface area contributed by atoms with Crippen molar-refractivity contribution in [1.29, 1.82) is 0 Å². The van der Waals surface area contributed by atoms with E-state index in [1.54, 1.807) is 12.1 Å². The summed E-state index contributed by atoms with van der Waals surface area (Å²) in [7, 11) is 0. The average molecular weight is 329 g/mol. The zero-order chi connectivity index (χ0) is 17.5. The Hall–Kier alpha value is -3.42. The van der Waals surface area contributed by atoms with Gasteiger partial charge in [-0.25, -0.2) is 5.43 Å². The lowest BCUT2D eigenvalue weighted by atomic mass is 10.2. The largest absolute Gasteiger partial charge is 0.508 e. The number of carbonyl (C=O) groups is 1. The molecule has 0 aliphatic carbocycles. The minimum atomic E-state index is -0.608. The number of nitro benzene ring substituents is 1. The number of nitrogens with one attached hydrogen (secondary N) is 1. The topological polar surface area (TPSA) is 114 Å². The van der Waals surface area contributed by atoms with Crippen LogP contribution < -0.4 is 10.2 Å². The van der Waals surface area contributed by atoms with Gasteiger partial charge in [-0.3, -0.25) is 14.9 Å². The van der Waals surface area contributed by atoms with E-state index < -0.39 is 10.8 Å². The summed E-state index contributed by atoms with van der Waals surface area (Å²) in [4.78, 5) is 21.9. The van der Waals surface area contributed by atoms with Crippen molar-refractivity contribution in [2.75, 3.05) is 6.61 Å². The molecule has 24 heavy (non-hydrogen) atoms. The predicted octanol–water partition coefficient (Wildman–Crippen LogP) is 2.14. The molecule has 0 aromatic heterocycles. The number of aromatic hydroxyl groups is 1. The monoisotopic (exact) mass is 329 g/mol. The van der Waals surface area contributed by atoms with E-state index in [1.165, 1.54) is 12.1 Å². The van der Waals surface area contributed by atoms with Crippen LogP contribution in [0.25, 0.3) is 0 Å². The van der Waals surface area contributed by atoms with Crippen molar-refractivity contribution in [2.45, 2.75) is 6.92 Å². The molecule has 0 bridgehead atoms. The first-order valence-electron chi connectivity index (χ1n) is 6.94. The van der Waals surface area contributed by atoms with Crippen LogP contribution >= 0.6 is 0 Å². The highest BCUT2D eigenvalue weighted by molar-refractivity contribution is 5.87. The summed E-state index contributed by atoms with van der Waals surface area (Å²) in [6.45, 7) is 1.66. The summed E-state index contributed by atoms with van der Waals surface area (Å²) in [6.07, 6.45) is 1.09. The maximum absolute atomic E-state index is 11.6. The molecule has 2 aromatic carbocycles. The number of nitrogens with zero attached hydrogens (tertiary/aromatic N) is 2. The van der Waals surface area contributed by atoms with E-state index >= 15 is 0 Å². The van der Waals surface area contributed by atoms with Gasteiger partial charge in [-0.15, -0.1) is 0 Å². The van der Waals surface area contributed by atoms with Crippen molar-refractivity contribution in [3.63, 3.8) is 0 Å². The van der Waals surface area contributed by atoms with Crippen molar-refractivity contribution in [3.05, 3.63) is 63.7 Å². The van der Waals surface area contributed by atoms with E-state index in [9.17, 15) is 20.0 Å². The number of nitro groups is 1. The van der Waals surface area contributed by atoms with Crippen molar-refractivity contribution >= 4 is 17.8 Å². The van der Waals surface area contributed by atoms with Gasteiger partial charge in [-0.05, 0) is 36.8 Å². The quantitative estimate of drug-likeness (QED) is 0.479. The lowest BCUT2D eigenvalue weighted by Crippen LogP contribution is -2.24. The zero-order valence-electron chi connectivity index (χ0n) is 12.8. The number of carbonyl (C=O) groups excluding carboxylic acids is 1. The molecule has 124 valence electrons. The summed E-state index contributed by atoms with van der Waals surface area (Å²) >= 11 is 0. The molecule has 8 heteroatoms. The molecule has 0 heterocycles. The van der Waals surface area contributed by atoms with Crippen molar-refractivity contribution in [3.8, 4) is 11.5 Å². The molecule has 0 aliphatic heterocycles. The first-order valence-corrected chi connectivity index (χ1v) is 6.94. The van der Waals surface area contributed by atoms with Gasteiger partial charge in [0.05, 0.1) is 16.7 Å². The maximum Gasteiger partial charge on any atom is 0.278 e. The minimum Gasteiger partial charge on any atom is -0.508 e. The summed E-state index contributed by atoms with van der Waals surface area (Å²) in [5.74, 6) is -0.107. The molecule has 0 radical (unpaired) electrons. The van der Waals surface area contributed by atoms with Gasteiger partial charge in [0.2, 0.25) is 0 Å². The van der Waals surface area contributed by atoms with E-state index in [0.29, 0.717) is 5.75 Å². The molecule has 0 saturated carbocycles. The highest BCUT2D eigenvalue weighted by atomic mass is 16.6. The molecule has 0 aliphatic rings. The Balaban J connectivity index is 1.93. The number of benzene rings is 2. The highest BCUT2D eigenvalue weighted by Gasteiger charge is 2.12. The van der Waals surface area contributed by atoms with E-state index in [0.717, 1.165) is 17.8 Å². The van der Waals surface area contributed by atoms with Gasteiger partial charge in [0.1, 0.15) is 11.5 Å². The molecular weight excluding hydrogens is 314 g/mol. The summed E-state index contributed by atoms with van der Waals surface area (Å²) < 4.78 is 5.30. The van der Waals surface area contributed by atoms with E-state index in [4.69, 9.17) is 4.74 Å². The molecule has 2 rings (SSSR count). The standard InChI is InChI=1S/C16H15N3O5/c1-11-3-2-4-14(7-11)24-10-16(21)18-17-9-12-8-13(20)5-6-15(12)19(22)23/h2-9,20H,10H2,1H3,(H,18,21)/b17-9+. The third kappa shape index (κ3) is 4.80. The van der Waals surface area contributed by atoms with Gasteiger partial charge >= 0.3 is 0 Å². The molecule has 0 unspecified atom stereocenters. The second-order valence-electron chi connectivity index (χ2n) is 4.90. The summed E-state index contributed by atoms with van der Waals surface area (Å²) in [6, 6.07) is 10.7. The fourth-order valence-electron chi connectivity index (χ4n) is 1.87. The van der Waals surface area contributed by atoms with E-state index in [-0.39, 0.29) is 23.6 Å². The molecule has 2 N–H and O–H groups in total. The molecule has 1 amide bonds. The highest BCUT2D eigenvalue weighted by Crippen LogP contribution is 2.21. The number of amides is 1. The second-order valence-corrected chi connectivity index (χ2v) is 4.90. The van der Waals surface area contributed by atoms with Gasteiger partial charge in [-0.1, -0.05) is 12.1 Å². The summed E-state index contributed by atoms with van der Waals surface area (Å²) in [5, 5.41) is 23.9. The lowest BCUT2D eigenvalue weighted by molar-refractivity contribution is -0.385. The number of hydrazone groups is 1. The number of rotatable bonds is 6. The fourth-order valence-corrected chi connectivity index (χ4v) is 1.87. The van der Waals surface area contributed by atoms with Gasteiger partial charge < -0.3 is 9.84 Å². The normalized spacial score (nSPS) is 10.5. The van der Waals surface area contributed by atoms with Crippen molar-refractivity contribution < 1.29 is 19.6 Å². The van der Waals surface area contributed by atoms with Crippen LogP contribution in [0, 0.1) is 17.0 Å². The van der Waals surface area contributed by atoms with Crippen LogP contribution in [0.15, 0.2) is 47.6 Å². The first kappa shape index (κ1) is 16.9. The Labute approximate surface area is 137 Å². The van der Waals surface area contributed by atoms with Crippen molar-refractivity contribution in [1.82, 2.24) is 5.43 Å². The summed E-state index contributed by atoms with van der Waals surface area (Å²) in [5.41, 5.74) is 3.04. The Kier molecular flexibility index (Phi) is 5.45. The van der Waals surface area contributed by atoms with Gasteiger partial charge in [0.15, 0.2) is 6.61 Å². The smallest absolute Gasteiger partial charge is 0.278 e. The van der Waals surface area contributed by atoms with Gasteiger partial charge in [0.25, 0.3) is 11.6 Å². The third-order valence-corrected chi connectivity index (χ3v) is 2.96. The van der Waals surface area contributed by atoms with Crippen LogP contribution in [-0.2, 0) is 4.79 Å². The molecule has 0 spiro atoms. The van der Waals surface area contributed by atoms with Crippen LogP contribution in [0.5, 0.6) is 11.5 Å². The number of phenols is 1. The molecule has 0 saturated heterocycles. The van der Waals surface area contributed by atoms with E-state index in [2.05, 4.69) is 10.5 Å². The van der Waals surface area contributed by atoms with Gasteiger partial charge in [0, 0.05) is 6.07 Å². The SMILES string of the molecule is Cc1cccc(OCC(=O)N/N=C/c2cc(O)ccc2[N+](=O)[O-])c1. The number of phenolic OH excluding ortho intramolecular Hbond substituents is 1. The first-order chi connectivity index (χ1) is 11.5. The Morgan fingerprint density at radius 3 is 2.88 bits per heavy atom. The van der Waals surface area contributed by atoms with Crippen molar-refractivity contribution in [2.24, 2.45) is 5.10 Å². The number of hydrogen-bond acceptors (Lipinski definition) is 6. The minimum absolute atomic E-state index is 0.0694. The average Bonchev–Trinajstić information content (AvgIpc) is 2.53. The van der Waals surface area contributed by atoms with E-state index in [1.807, 2.05) is 19.1 Å². The number of ether oxygens (including phenoxy) is 1. The number of aryl methyl sites for hydroxylation is 1. The fraction of sp³-hybridized carbons (Fsp3) is 0.125. The molecule has 2 aromatic rings. The molecular formula is C16H15N3O5. The predicted molar refractivity (Wildman–Crippen MR) is 87.2 cm³/mol. The van der Waals surface area contributed by atoms with Crippen LogP contribution in [0.2, 0.25) is 0 Å². The number of hydrogen-bond donors (Lipinski definition) is 2. The van der Waals surface area contributed by atoms with Crippen LogP contribution in [0.4, 0.5) is 5.69 Å². The molecule has 0 fully saturated rings. The molecule has 0 atom stereocenters. The van der Waals surface area contributed by atoms with Crippen LogP contribution in [-0.4, -0.2) is 28.8 Å². The lowest BCUT2D eigenvalue weighted by Gasteiger charge is -2.05. The Morgan fingerprint density at radius 2 is 2.17 bits per heavy atom. The van der Waals surface area contributed by atoms with Crippen LogP contribution in [0.3, 0.4) is 0 Å². The third-order valence-electron chi connectivity index (χ3n) is 2.96. The second kappa shape index (κ2) is 7.73. The maximum atomic E-state index is 11.6. The Morgan fingerprint density at radius 1 is 1.38 bits per heavy atom. The Bertz CT molecular complexity index is 789.